The van der Waals surface area contributed by atoms with Crippen LogP contribution in [0.4, 0.5) is 5.69 Å². The van der Waals surface area contributed by atoms with E-state index in [4.69, 9.17) is 0 Å². The van der Waals surface area contributed by atoms with Gasteiger partial charge in [-0.05, 0) is 41.4 Å². The van der Waals surface area contributed by atoms with E-state index in [1.807, 2.05) is 36.7 Å². The zero-order chi connectivity index (χ0) is 15.0. The molecule has 110 valence electrons. The van der Waals surface area contributed by atoms with E-state index in [0.717, 1.165) is 34.5 Å². The van der Waals surface area contributed by atoms with E-state index in [9.17, 15) is 4.79 Å². The Morgan fingerprint density at radius 3 is 2.95 bits per heavy atom. The molecule has 4 nitrogen and oxygen atoms in total. The number of aryl methyl sites for hydroxylation is 2. The summed E-state index contributed by atoms with van der Waals surface area (Å²) >= 11 is 3.55. The van der Waals surface area contributed by atoms with Crippen molar-refractivity contribution in [3.63, 3.8) is 0 Å². The van der Waals surface area contributed by atoms with Crippen LogP contribution in [0, 0.1) is 6.92 Å². The van der Waals surface area contributed by atoms with Gasteiger partial charge in [-0.2, -0.15) is 5.10 Å². The molecule has 0 spiro atoms. The van der Waals surface area contributed by atoms with Crippen molar-refractivity contribution < 1.29 is 4.79 Å². The predicted octanol–water partition coefficient (Wildman–Crippen LogP) is 3.12. The number of halogens is 1. The number of nitrogens with one attached hydrogen (secondary N) is 1. The lowest BCUT2D eigenvalue weighted by molar-refractivity contribution is -0.119. The zero-order valence-electron chi connectivity index (χ0n) is 12.2. The van der Waals surface area contributed by atoms with Gasteiger partial charge in [0.25, 0.3) is 0 Å². The molecule has 2 aromatic rings. The number of nitrogens with zero attached hydrogens (tertiary/aromatic N) is 2. The van der Waals surface area contributed by atoms with E-state index in [-0.39, 0.29) is 11.8 Å². The number of carbonyl (C=O) groups excluding carboxylic acids is 1. The number of fused-ring (bicyclic) bond motifs is 1. The van der Waals surface area contributed by atoms with E-state index in [2.05, 4.69) is 32.4 Å². The highest BCUT2D eigenvalue weighted by atomic mass is 79.9. The molecule has 1 N–H and O–H groups in total. The maximum atomic E-state index is 12.6. The second-order valence-corrected chi connectivity index (χ2v) is 6.16. The van der Waals surface area contributed by atoms with Gasteiger partial charge in [0.2, 0.25) is 0 Å². The number of para-hydroxylation sites is 1. The molecule has 21 heavy (non-hydrogen) atoms. The van der Waals surface area contributed by atoms with E-state index in [0.29, 0.717) is 6.42 Å². The van der Waals surface area contributed by atoms with Gasteiger partial charge >= 0.3 is 0 Å². The first-order chi connectivity index (χ1) is 10.1. The maximum absolute atomic E-state index is 12.6. The van der Waals surface area contributed by atoms with Gasteiger partial charge in [-0.15, -0.1) is 0 Å². The molecule has 1 atom stereocenters. The number of hydrogen-bond donors (Lipinski definition) is 1. The fourth-order valence-corrected chi connectivity index (χ4v) is 3.24. The van der Waals surface area contributed by atoms with E-state index >= 15 is 0 Å². The number of benzene rings is 1. The average Bonchev–Trinajstić information content (AvgIpc) is 3.03. The van der Waals surface area contributed by atoms with Crippen LogP contribution >= 0.6 is 15.9 Å². The third kappa shape index (κ3) is 2.62. The number of anilines is 1. The van der Waals surface area contributed by atoms with Crippen molar-refractivity contribution in [3.05, 3.63) is 45.7 Å². The Hall–Kier alpha value is -1.62. The van der Waals surface area contributed by atoms with Gasteiger partial charge in [0.15, 0.2) is 5.78 Å². The molecule has 0 amide bonds. The van der Waals surface area contributed by atoms with Crippen molar-refractivity contribution in [2.75, 3.05) is 5.32 Å². The Morgan fingerprint density at radius 2 is 2.24 bits per heavy atom. The van der Waals surface area contributed by atoms with Gasteiger partial charge < -0.3 is 5.32 Å². The lowest BCUT2D eigenvalue weighted by Crippen LogP contribution is -2.29. The molecule has 0 saturated carbocycles. The standard InChI is InChI=1S/C16H18BrN3O/c1-3-20-14(16(17)10(2)19-20)9-15(21)13-8-11-6-4-5-7-12(11)18-13/h4-7,13,18H,3,8-9H2,1-2H3. The fraction of sp³-hybridized carbons (Fsp3) is 0.375. The summed E-state index contributed by atoms with van der Waals surface area (Å²) in [6.07, 6.45) is 1.17. The molecule has 2 heterocycles. The largest absolute Gasteiger partial charge is 0.375 e. The first-order valence-corrected chi connectivity index (χ1v) is 7.98. The number of rotatable bonds is 4. The first-order valence-electron chi connectivity index (χ1n) is 7.19. The van der Waals surface area contributed by atoms with Crippen LogP contribution in [0.5, 0.6) is 0 Å². The van der Waals surface area contributed by atoms with Crippen LogP contribution in [0.25, 0.3) is 0 Å². The molecule has 3 rings (SSSR count). The highest BCUT2D eigenvalue weighted by molar-refractivity contribution is 9.10. The Bertz CT molecular complexity index is 668. The SMILES string of the molecule is CCn1nc(C)c(Br)c1CC(=O)C1Cc2ccccc2N1. The second-order valence-electron chi connectivity index (χ2n) is 5.36. The topological polar surface area (TPSA) is 46.9 Å². The average molecular weight is 348 g/mol. The summed E-state index contributed by atoms with van der Waals surface area (Å²) in [5.41, 5.74) is 4.20. The normalized spacial score (nSPS) is 16.6. The molecule has 0 saturated heterocycles. The molecule has 5 heteroatoms. The van der Waals surface area contributed by atoms with Crippen molar-refractivity contribution in [1.82, 2.24) is 9.78 Å². The molecule has 1 aromatic carbocycles. The van der Waals surface area contributed by atoms with Crippen molar-refractivity contribution in [2.24, 2.45) is 0 Å². The van der Waals surface area contributed by atoms with Crippen LogP contribution in [0.15, 0.2) is 28.7 Å². The number of Topliss-reactive ketones (excluding diaryl/α,β-unsaturated/α-hetero) is 1. The van der Waals surface area contributed by atoms with Crippen molar-refractivity contribution in [2.45, 2.75) is 39.3 Å². The summed E-state index contributed by atoms with van der Waals surface area (Å²) in [6, 6.07) is 7.98. The highest BCUT2D eigenvalue weighted by Crippen LogP contribution is 2.27. The van der Waals surface area contributed by atoms with Crippen LogP contribution in [-0.4, -0.2) is 21.6 Å². The van der Waals surface area contributed by atoms with Crippen molar-refractivity contribution in [1.29, 1.82) is 0 Å². The minimum Gasteiger partial charge on any atom is -0.375 e. The second kappa shape index (κ2) is 5.64. The van der Waals surface area contributed by atoms with Gasteiger partial charge in [-0.25, -0.2) is 0 Å². The smallest absolute Gasteiger partial charge is 0.161 e. The quantitative estimate of drug-likeness (QED) is 0.924. The number of ketones is 1. The fourth-order valence-electron chi connectivity index (χ4n) is 2.82. The van der Waals surface area contributed by atoms with E-state index in [1.165, 1.54) is 5.56 Å². The van der Waals surface area contributed by atoms with Crippen LogP contribution in [0.3, 0.4) is 0 Å². The molecule has 1 aliphatic rings. The van der Waals surface area contributed by atoms with Gasteiger partial charge in [-0.3, -0.25) is 9.48 Å². The van der Waals surface area contributed by atoms with Gasteiger partial charge in [-0.1, -0.05) is 18.2 Å². The Labute approximate surface area is 132 Å². The zero-order valence-corrected chi connectivity index (χ0v) is 13.8. The predicted molar refractivity (Wildman–Crippen MR) is 86.6 cm³/mol. The number of aromatic nitrogens is 2. The summed E-state index contributed by atoms with van der Waals surface area (Å²) in [7, 11) is 0. The molecule has 0 aliphatic carbocycles. The van der Waals surface area contributed by atoms with Crippen LogP contribution in [-0.2, 0) is 24.2 Å². The number of carbonyl (C=O) groups is 1. The maximum Gasteiger partial charge on any atom is 0.161 e. The molecule has 0 fully saturated rings. The van der Waals surface area contributed by atoms with Crippen LogP contribution in [0.2, 0.25) is 0 Å². The molecule has 1 aliphatic heterocycles. The Morgan fingerprint density at radius 1 is 1.48 bits per heavy atom. The summed E-state index contributed by atoms with van der Waals surface area (Å²) in [5.74, 6) is 0.210. The van der Waals surface area contributed by atoms with Crippen molar-refractivity contribution in [3.8, 4) is 0 Å². The van der Waals surface area contributed by atoms with Crippen LogP contribution in [0.1, 0.15) is 23.9 Å². The molecule has 1 aromatic heterocycles. The third-order valence-electron chi connectivity index (χ3n) is 3.95. The summed E-state index contributed by atoms with van der Waals surface area (Å²) in [6.45, 7) is 4.76. The Kier molecular flexibility index (Phi) is 3.85. The molecular weight excluding hydrogens is 330 g/mol. The van der Waals surface area contributed by atoms with E-state index < -0.39 is 0 Å². The minimum atomic E-state index is -0.130. The molecular formula is C16H18BrN3O. The summed E-state index contributed by atoms with van der Waals surface area (Å²) < 4.78 is 2.85. The summed E-state index contributed by atoms with van der Waals surface area (Å²) in [4.78, 5) is 12.6. The van der Waals surface area contributed by atoms with Gasteiger partial charge in [0.1, 0.15) is 0 Å². The minimum absolute atomic E-state index is 0.130. The van der Waals surface area contributed by atoms with E-state index in [1.54, 1.807) is 0 Å². The lowest BCUT2D eigenvalue weighted by Gasteiger charge is -2.11. The van der Waals surface area contributed by atoms with Crippen molar-refractivity contribution >= 4 is 27.4 Å². The molecule has 1 unspecified atom stereocenters. The first kappa shape index (κ1) is 14.3. The Balaban J connectivity index is 1.77. The van der Waals surface area contributed by atoms with Gasteiger partial charge in [0, 0.05) is 18.7 Å². The monoisotopic (exact) mass is 347 g/mol. The molecule has 0 bridgehead atoms. The number of hydrogen-bond acceptors (Lipinski definition) is 3. The van der Waals surface area contributed by atoms with Gasteiger partial charge in [0.05, 0.1) is 28.3 Å². The van der Waals surface area contributed by atoms with Crippen LogP contribution < -0.4 is 5.32 Å². The summed E-state index contributed by atoms with van der Waals surface area (Å²) in [5, 5.41) is 7.77. The third-order valence-corrected chi connectivity index (χ3v) is 4.99. The molecule has 0 radical (unpaired) electrons. The highest BCUT2D eigenvalue weighted by Gasteiger charge is 2.27. The lowest BCUT2D eigenvalue weighted by atomic mass is 10.0.